The van der Waals surface area contributed by atoms with Crippen molar-refractivity contribution in [1.29, 1.82) is 0 Å². The average Bonchev–Trinajstić information content (AvgIpc) is 3.16. The van der Waals surface area contributed by atoms with Crippen LogP contribution in [0.5, 0.6) is 5.75 Å². The lowest BCUT2D eigenvalue weighted by Gasteiger charge is -2.16. The van der Waals surface area contributed by atoms with Crippen LogP contribution in [0, 0.1) is 11.6 Å². The Hall–Kier alpha value is -2.94. The zero-order chi connectivity index (χ0) is 21.5. The molecule has 30 heavy (non-hydrogen) atoms. The molecule has 3 rings (SSSR count). The number of aromatic nitrogens is 3. The molecule has 1 aromatic heterocycles. The number of hydrogen-bond donors (Lipinski definition) is 1. The first-order valence-electron chi connectivity index (χ1n) is 9.46. The first-order valence-corrected chi connectivity index (χ1v) is 10.4. The molecule has 0 fully saturated rings. The van der Waals surface area contributed by atoms with E-state index in [9.17, 15) is 13.6 Å². The maximum absolute atomic E-state index is 13.9. The molecular weight excluding hydrogens is 410 g/mol. The highest BCUT2D eigenvalue weighted by Gasteiger charge is 2.20. The molecule has 1 heterocycles. The van der Waals surface area contributed by atoms with Crippen LogP contribution in [-0.2, 0) is 17.9 Å². The maximum atomic E-state index is 13.9. The van der Waals surface area contributed by atoms with Gasteiger partial charge in [-0.25, -0.2) is 8.78 Å². The summed E-state index contributed by atoms with van der Waals surface area (Å²) in [6, 6.07) is 12.8. The van der Waals surface area contributed by atoms with E-state index < -0.39 is 17.7 Å². The minimum absolute atomic E-state index is 0.0657. The summed E-state index contributed by atoms with van der Waals surface area (Å²) in [7, 11) is 0. The molecule has 2 aromatic carbocycles. The van der Waals surface area contributed by atoms with Crippen molar-refractivity contribution in [3.8, 4) is 5.75 Å². The summed E-state index contributed by atoms with van der Waals surface area (Å²) in [5, 5.41) is 11.7. The van der Waals surface area contributed by atoms with Crippen molar-refractivity contribution in [2.45, 2.75) is 38.2 Å². The highest BCUT2D eigenvalue weighted by Crippen LogP contribution is 2.26. The highest BCUT2D eigenvalue weighted by molar-refractivity contribution is 7.99. The Balaban J connectivity index is 1.59. The summed E-state index contributed by atoms with van der Waals surface area (Å²) < 4.78 is 34.3. The van der Waals surface area contributed by atoms with Crippen LogP contribution < -0.4 is 10.1 Å². The van der Waals surface area contributed by atoms with Gasteiger partial charge in [-0.1, -0.05) is 42.1 Å². The summed E-state index contributed by atoms with van der Waals surface area (Å²) in [4.78, 5) is 12.1. The normalized spacial score (nSPS) is 11.9. The average molecular weight is 432 g/mol. The zero-order valence-electron chi connectivity index (χ0n) is 16.6. The molecule has 0 spiro atoms. The largest absolute Gasteiger partial charge is 0.480 e. The Morgan fingerprint density at radius 3 is 2.67 bits per heavy atom. The minimum Gasteiger partial charge on any atom is -0.480 e. The van der Waals surface area contributed by atoms with E-state index in [1.165, 1.54) is 17.8 Å². The van der Waals surface area contributed by atoms with Gasteiger partial charge in [-0.3, -0.25) is 4.79 Å². The van der Waals surface area contributed by atoms with Gasteiger partial charge in [0.15, 0.2) is 28.7 Å². The van der Waals surface area contributed by atoms with Gasteiger partial charge in [-0.15, -0.1) is 10.2 Å². The van der Waals surface area contributed by atoms with Crippen LogP contribution >= 0.6 is 11.8 Å². The summed E-state index contributed by atoms with van der Waals surface area (Å²) in [6.07, 6.45) is -0.612. The Kier molecular flexibility index (Phi) is 7.40. The summed E-state index contributed by atoms with van der Waals surface area (Å²) in [5.41, 5.74) is 1.02. The summed E-state index contributed by atoms with van der Waals surface area (Å²) in [6.45, 7) is 4.63. The van der Waals surface area contributed by atoms with Crippen molar-refractivity contribution in [2.24, 2.45) is 0 Å². The number of hydrogen-bond acceptors (Lipinski definition) is 5. The van der Waals surface area contributed by atoms with E-state index in [0.29, 0.717) is 24.1 Å². The van der Waals surface area contributed by atoms with E-state index in [2.05, 4.69) is 15.5 Å². The van der Waals surface area contributed by atoms with E-state index in [0.717, 1.165) is 17.7 Å². The third-order valence-electron chi connectivity index (χ3n) is 4.29. The van der Waals surface area contributed by atoms with Gasteiger partial charge in [0.05, 0.1) is 5.75 Å². The Morgan fingerprint density at radius 1 is 1.20 bits per heavy atom. The minimum atomic E-state index is -0.783. The van der Waals surface area contributed by atoms with Gasteiger partial charge in [0, 0.05) is 19.2 Å². The SMILES string of the molecule is CCn1c(SCC(=O)NCc2ccccc2)nnc1C(C)Oc1ccc(F)cc1F. The van der Waals surface area contributed by atoms with Crippen LogP contribution in [0.2, 0.25) is 0 Å². The van der Waals surface area contributed by atoms with Crippen LogP contribution in [0.1, 0.15) is 31.3 Å². The van der Waals surface area contributed by atoms with Crippen LogP contribution in [0.4, 0.5) is 8.78 Å². The van der Waals surface area contributed by atoms with Crippen molar-refractivity contribution in [1.82, 2.24) is 20.1 Å². The fraction of sp³-hybridized carbons (Fsp3) is 0.286. The van der Waals surface area contributed by atoms with Gasteiger partial charge in [0.25, 0.3) is 0 Å². The molecule has 0 saturated heterocycles. The number of thioether (sulfide) groups is 1. The standard InChI is InChI=1S/C21H22F2N4O2S/c1-3-27-20(14(2)29-18-10-9-16(22)11-17(18)23)25-26-21(27)30-13-19(28)24-12-15-7-5-4-6-8-15/h4-11,14H,3,12-13H2,1-2H3,(H,24,28). The number of nitrogens with zero attached hydrogens (tertiary/aromatic N) is 3. The number of rotatable bonds is 9. The number of carbonyl (C=O) groups excluding carboxylic acids is 1. The summed E-state index contributed by atoms with van der Waals surface area (Å²) >= 11 is 1.26. The van der Waals surface area contributed by atoms with Gasteiger partial charge in [0.1, 0.15) is 5.82 Å². The second-order valence-corrected chi connectivity index (χ2v) is 7.41. The van der Waals surface area contributed by atoms with E-state index in [1.807, 2.05) is 37.3 Å². The van der Waals surface area contributed by atoms with Crippen molar-refractivity contribution in [2.75, 3.05) is 5.75 Å². The smallest absolute Gasteiger partial charge is 0.230 e. The molecule has 0 radical (unpaired) electrons. The number of benzene rings is 2. The molecule has 0 aliphatic rings. The monoisotopic (exact) mass is 432 g/mol. The topological polar surface area (TPSA) is 69.0 Å². The van der Waals surface area contributed by atoms with Gasteiger partial charge >= 0.3 is 0 Å². The molecule has 3 aromatic rings. The molecule has 0 aliphatic heterocycles. The molecule has 1 N–H and O–H groups in total. The number of halogens is 2. The molecule has 1 amide bonds. The molecule has 0 bridgehead atoms. The van der Waals surface area contributed by atoms with Crippen LogP contribution in [0.15, 0.2) is 53.7 Å². The van der Waals surface area contributed by atoms with E-state index >= 15 is 0 Å². The Morgan fingerprint density at radius 2 is 1.97 bits per heavy atom. The lowest BCUT2D eigenvalue weighted by Crippen LogP contribution is -2.24. The lowest BCUT2D eigenvalue weighted by atomic mass is 10.2. The van der Waals surface area contributed by atoms with Crippen LogP contribution in [0.25, 0.3) is 0 Å². The lowest BCUT2D eigenvalue weighted by molar-refractivity contribution is -0.118. The second-order valence-electron chi connectivity index (χ2n) is 6.47. The quantitative estimate of drug-likeness (QED) is 0.515. The molecule has 9 heteroatoms. The molecule has 6 nitrogen and oxygen atoms in total. The first kappa shape index (κ1) is 21.8. The maximum Gasteiger partial charge on any atom is 0.230 e. The third kappa shape index (κ3) is 5.56. The highest BCUT2D eigenvalue weighted by atomic mass is 32.2. The van der Waals surface area contributed by atoms with Crippen molar-refractivity contribution in [3.05, 3.63) is 71.6 Å². The third-order valence-corrected chi connectivity index (χ3v) is 5.25. The van der Waals surface area contributed by atoms with E-state index in [4.69, 9.17) is 4.74 Å². The van der Waals surface area contributed by atoms with E-state index in [1.54, 1.807) is 11.5 Å². The Bertz CT molecular complexity index is 998. The molecule has 158 valence electrons. The molecule has 0 aliphatic carbocycles. The predicted molar refractivity (Wildman–Crippen MR) is 110 cm³/mol. The van der Waals surface area contributed by atoms with Gasteiger partial charge < -0.3 is 14.6 Å². The van der Waals surface area contributed by atoms with Crippen LogP contribution in [-0.4, -0.2) is 26.4 Å². The van der Waals surface area contributed by atoms with Gasteiger partial charge in [0.2, 0.25) is 5.91 Å². The van der Waals surface area contributed by atoms with Crippen molar-refractivity contribution < 1.29 is 18.3 Å². The van der Waals surface area contributed by atoms with Crippen LogP contribution in [0.3, 0.4) is 0 Å². The van der Waals surface area contributed by atoms with E-state index in [-0.39, 0.29) is 17.4 Å². The number of nitrogens with one attached hydrogen (secondary N) is 1. The molecular formula is C21H22F2N4O2S. The van der Waals surface area contributed by atoms with Crippen molar-refractivity contribution >= 4 is 17.7 Å². The molecule has 0 saturated carbocycles. The van der Waals surface area contributed by atoms with Gasteiger partial charge in [-0.2, -0.15) is 0 Å². The first-order chi connectivity index (χ1) is 14.5. The Labute approximate surface area is 177 Å². The van der Waals surface area contributed by atoms with Crippen molar-refractivity contribution in [3.63, 3.8) is 0 Å². The number of amides is 1. The number of ether oxygens (including phenoxy) is 1. The predicted octanol–water partition coefficient (Wildman–Crippen LogP) is 4.12. The number of carbonyl (C=O) groups is 1. The van der Waals surface area contributed by atoms with Gasteiger partial charge in [-0.05, 0) is 31.5 Å². The molecule has 1 atom stereocenters. The fourth-order valence-corrected chi connectivity index (χ4v) is 3.64. The fourth-order valence-electron chi connectivity index (χ4n) is 2.80. The summed E-state index contributed by atoms with van der Waals surface area (Å²) in [5.74, 6) is -0.957. The molecule has 1 unspecified atom stereocenters. The zero-order valence-corrected chi connectivity index (χ0v) is 17.5. The second kappa shape index (κ2) is 10.2.